The van der Waals surface area contributed by atoms with Crippen LogP contribution < -0.4 is 5.32 Å². The van der Waals surface area contributed by atoms with Gasteiger partial charge in [-0.1, -0.05) is 12.8 Å². The molecule has 2 N–H and O–H groups in total. The number of anilines is 1. The molecule has 2 aromatic heterocycles. The lowest BCUT2D eigenvalue weighted by Crippen LogP contribution is -2.43. The molecule has 0 unspecified atom stereocenters. The Morgan fingerprint density at radius 1 is 1.34 bits per heavy atom. The monoisotopic (exact) mass is 413 g/mol. The summed E-state index contributed by atoms with van der Waals surface area (Å²) < 4.78 is 63.2. The molecule has 0 aromatic carbocycles. The molecule has 1 aliphatic heterocycles. The second kappa shape index (κ2) is 7.11. The average Bonchev–Trinajstić information content (AvgIpc) is 3.27. The van der Waals surface area contributed by atoms with Gasteiger partial charge < -0.3 is 15.2 Å². The van der Waals surface area contributed by atoms with Crippen molar-refractivity contribution in [1.82, 2.24) is 14.6 Å². The van der Waals surface area contributed by atoms with E-state index in [1.807, 2.05) is 0 Å². The minimum Gasteiger partial charge on any atom is -0.389 e. The van der Waals surface area contributed by atoms with Gasteiger partial charge in [-0.2, -0.15) is 18.4 Å². The summed E-state index contributed by atoms with van der Waals surface area (Å²) in [6, 6.07) is 1.14. The Bertz CT molecular complexity index is 962. The molecule has 0 spiro atoms. The van der Waals surface area contributed by atoms with Crippen LogP contribution >= 0.6 is 0 Å². The lowest BCUT2D eigenvalue weighted by molar-refractivity contribution is -0.190. The molecule has 3 heterocycles. The molecule has 0 bridgehead atoms. The highest BCUT2D eigenvalue weighted by Gasteiger charge is 2.60. The Hall–Kier alpha value is -2.45. The van der Waals surface area contributed by atoms with Gasteiger partial charge in [0, 0.05) is 6.61 Å². The minimum atomic E-state index is -4.66. The lowest BCUT2D eigenvalue weighted by Gasteiger charge is -2.31. The highest BCUT2D eigenvalue weighted by atomic mass is 19.4. The smallest absolute Gasteiger partial charge is 0.389 e. The zero-order chi connectivity index (χ0) is 20.8. The number of aliphatic hydroxyl groups is 1. The van der Waals surface area contributed by atoms with Crippen molar-refractivity contribution in [2.24, 2.45) is 0 Å². The van der Waals surface area contributed by atoms with Crippen LogP contribution in [0.4, 0.5) is 23.5 Å². The molecule has 1 aliphatic carbocycles. The molecule has 2 fully saturated rings. The summed E-state index contributed by atoms with van der Waals surface area (Å²) in [7, 11) is 0. The van der Waals surface area contributed by atoms with Gasteiger partial charge in [0.25, 0.3) is 0 Å². The molecule has 29 heavy (non-hydrogen) atoms. The molecular formula is C18H19F4N5O2. The first-order valence-corrected chi connectivity index (χ1v) is 9.35. The number of hydrogen-bond acceptors (Lipinski definition) is 6. The van der Waals surface area contributed by atoms with Gasteiger partial charge in [0.1, 0.15) is 22.6 Å². The topological polar surface area (TPSA) is 95.5 Å². The predicted octanol–water partition coefficient (Wildman–Crippen LogP) is 2.68. The summed E-state index contributed by atoms with van der Waals surface area (Å²) >= 11 is 0. The SMILES string of the molecule is N#Cc1c(F)c2cnc(N[C@@H]3CCOC[C@H]3O)nn2c1C1(C(F)(F)F)CCCC1. The number of alkyl halides is 3. The van der Waals surface area contributed by atoms with Crippen LogP contribution in [0.15, 0.2) is 6.20 Å². The van der Waals surface area contributed by atoms with E-state index in [0.29, 0.717) is 25.9 Å². The van der Waals surface area contributed by atoms with Gasteiger partial charge in [-0.25, -0.2) is 13.9 Å². The van der Waals surface area contributed by atoms with Crippen LogP contribution in [-0.4, -0.2) is 51.2 Å². The molecule has 0 amide bonds. The molecule has 1 saturated carbocycles. The van der Waals surface area contributed by atoms with Gasteiger partial charge in [0.2, 0.25) is 5.95 Å². The van der Waals surface area contributed by atoms with Crippen LogP contribution in [-0.2, 0) is 10.2 Å². The largest absolute Gasteiger partial charge is 0.399 e. The third kappa shape index (κ3) is 3.11. The van der Waals surface area contributed by atoms with Gasteiger partial charge in [-0.05, 0) is 19.3 Å². The quantitative estimate of drug-likeness (QED) is 0.752. The lowest BCUT2D eigenvalue weighted by atomic mass is 9.80. The Kier molecular flexibility index (Phi) is 4.86. The fraction of sp³-hybridized carbons (Fsp3) is 0.611. The fourth-order valence-electron chi connectivity index (χ4n) is 4.31. The van der Waals surface area contributed by atoms with Gasteiger partial charge in [0.05, 0.1) is 30.6 Å². The van der Waals surface area contributed by atoms with E-state index in [9.17, 15) is 27.9 Å². The molecule has 7 nitrogen and oxygen atoms in total. The number of hydrogen-bond donors (Lipinski definition) is 2. The summed E-state index contributed by atoms with van der Waals surface area (Å²) in [5.74, 6) is -1.12. The first-order chi connectivity index (χ1) is 13.8. The number of ether oxygens (including phenoxy) is 1. The van der Waals surface area contributed by atoms with Crippen LogP contribution in [0, 0.1) is 17.1 Å². The van der Waals surface area contributed by atoms with Gasteiger partial charge in [-0.3, -0.25) is 0 Å². The molecule has 11 heteroatoms. The summed E-state index contributed by atoms with van der Waals surface area (Å²) in [5, 5.41) is 26.4. The zero-order valence-electron chi connectivity index (χ0n) is 15.3. The molecule has 2 aliphatic rings. The van der Waals surface area contributed by atoms with Gasteiger partial charge >= 0.3 is 6.18 Å². The number of rotatable bonds is 3. The van der Waals surface area contributed by atoms with Crippen LogP contribution in [0.1, 0.15) is 43.4 Å². The van der Waals surface area contributed by atoms with E-state index >= 15 is 0 Å². The first-order valence-electron chi connectivity index (χ1n) is 9.35. The third-order valence-corrected chi connectivity index (χ3v) is 5.83. The summed E-state index contributed by atoms with van der Waals surface area (Å²) in [6.07, 6.45) is -3.82. The summed E-state index contributed by atoms with van der Waals surface area (Å²) in [5.41, 5.74) is -3.75. The molecule has 2 aromatic rings. The van der Waals surface area contributed by atoms with Crippen LogP contribution in [0.2, 0.25) is 0 Å². The van der Waals surface area contributed by atoms with Crippen molar-refractivity contribution in [3.05, 3.63) is 23.3 Å². The Balaban J connectivity index is 1.86. The van der Waals surface area contributed by atoms with E-state index in [1.165, 1.54) is 0 Å². The minimum absolute atomic E-state index is 0.0560. The number of nitrogens with one attached hydrogen (secondary N) is 1. The summed E-state index contributed by atoms with van der Waals surface area (Å²) in [6.45, 7) is 0.509. The average molecular weight is 413 g/mol. The van der Waals surface area contributed by atoms with E-state index < -0.39 is 40.8 Å². The molecule has 4 rings (SSSR count). The van der Waals surface area contributed by atoms with E-state index in [2.05, 4.69) is 15.4 Å². The van der Waals surface area contributed by atoms with Crippen LogP contribution in [0.3, 0.4) is 0 Å². The van der Waals surface area contributed by atoms with Crippen molar-refractivity contribution in [2.75, 3.05) is 18.5 Å². The Morgan fingerprint density at radius 2 is 2.07 bits per heavy atom. The molecule has 2 atom stereocenters. The highest BCUT2D eigenvalue weighted by Crippen LogP contribution is 2.53. The van der Waals surface area contributed by atoms with Crippen LogP contribution in [0.25, 0.3) is 5.52 Å². The Morgan fingerprint density at radius 3 is 2.69 bits per heavy atom. The Labute approximate surface area is 163 Å². The van der Waals surface area contributed by atoms with Crippen molar-refractivity contribution in [1.29, 1.82) is 5.26 Å². The number of aliphatic hydroxyl groups excluding tert-OH is 1. The highest BCUT2D eigenvalue weighted by molar-refractivity contribution is 5.60. The maximum Gasteiger partial charge on any atom is 0.399 e. The fourth-order valence-corrected chi connectivity index (χ4v) is 4.31. The van der Waals surface area contributed by atoms with Crippen molar-refractivity contribution in [3.8, 4) is 6.07 Å². The zero-order valence-corrected chi connectivity index (χ0v) is 15.3. The first kappa shape index (κ1) is 19.8. The van der Waals surface area contributed by atoms with Crippen molar-refractivity contribution in [2.45, 2.75) is 55.8 Å². The molecule has 156 valence electrons. The van der Waals surface area contributed by atoms with E-state index in [0.717, 1.165) is 10.7 Å². The predicted molar refractivity (Wildman–Crippen MR) is 92.7 cm³/mol. The van der Waals surface area contributed by atoms with E-state index in [-0.39, 0.29) is 30.9 Å². The van der Waals surface area contributed by atoms with E-state index in [4.69, 9.17) is 4.74 Å². The summed E-state index contributed by atoms with van der Waals surface area (Å²) in [4.78, 5) is 3.97. The van der Waals surface area contributed by atoms with Crippen molar-refractivity contribution in [3.63, 3.8) is 0 Å². The standard InChI is InChI=1S/C18H19F4N5O2/c19-14-10(7-23)15(17(18(20,21)22)4-1-2-5-17)27-12(14)8-24-16(26-27)25-11-3-6-29-9-13(11)28/h8,11,13,28H,1-6,9H2,(H,25,26)/t11-,13-/m1/s1. The molecule has 0 radical (unpaired) electrons. The number of nitriles is 1. The number of aromatic nitrogens is 3. The number of nitrogens with zero attached hydrogens (tertiary/aromatic N) is 4. The molecular weight excluding hydrogens is 394 g/mol. The number of halogens is 4. The van der Waals surface area contributed by atoms with Crippen LogP contribution in [0.5, 0.6) is 0 Å². The van der Waals surface area contributed by atoms with Crippen molar-refractivity contribution < 1.29 is 27.4 Å². The van der Waals surface area contributed by atoms with Crippen molar-refractivity contribution >= 4 is 11.5 Å². The third-order valence-electron chi connectivity index (χ3n) is 5.83. The second-order valence-electron chi connectivity index (χ2n) is 7.50. The van der Waals surface area contributed by atoms with Gasteiger partial charge in [-0.15, -0.1) is 5.10 Å². The normalized spacial score (nSPS) is 24.6. The number of fused-ring (bicyclic) bond motifs is 1. The second-order valence-corrected chi connectivity index (χ2v) is 7.50. The van der Waals surface area contributed by atoms with E-state index in [1.54, 1.807) is 6.07 Å². The molecule has 1 saturated heterocycles. The maximum absolute atomic E-state index is 14.8. The maximum atomic E-state index is 14.8. The van der Waals surface area contributed by atoms with Gasteiger partial charge in [0.15, 0.2) is 5.82 Å².